The lowest BCUT2D eigenvalue weighted by Gasteiger charge is -2.07. The lowest BCUT2D eigenvalue weighted by Crippen LogP contribution is -2.13. The SMILES string of the molecule is CCCC(=O)C(Cl)CCCCCCC(=O)Cl. The van der Waals surface area contributed by atoms with E-state index >= 15 is 0 Å². The number of Topliss-reactive ketones (excluding diaryl/α,β-unsaturated/α-hetero) is 1. The molecule has 0 aromatic heterocycles. The van der Waals surface area contributed by atoms with Gasteiger partial charge in [-0.05, 0) is 30.9 Å². The summed E-state index contributed by atoms with van der Waals surface area (Å²) in [7, 11) is 0. The van der Waals surface area contributed by atoms with Crippen LogP contribution in [0.3, 0.4) is 0 Å². The van der Waals surface area contributed by atoms with Gasteiger partial charge in [0, 0.05) is 12.8 Å². The third-order valence-corrected chi connectivity index (χ3v) is 3.08. The second kappa shape index (κ2) is 10.1. The van der Waals surface area contributed by atoms with Gasteiger partial charge in [0.2, 0.25) is 5.24 Å². The molecule has 0 radical (unpaired) electrons. The molecule has 0 N–H and O–H groups in total. The van der Waals surface area contributed by atoms with E-state index in [-0.39, 0.29) is 16.4 Å². The molecule has 0 spiro atoms. The van der Waals surface area contributed by atoms with Crippen LogP contribution in [0.25, 0.3) is 0 Å². The summed E-state index contributed by atoms with van der Waals surface area (Å²) >= 11 is 11.2. The van der Waals surface area contributed by atoms with Gasteiger partial charge in [-0.25, -0.2) is 0 Å². The van der Waals surface area contributed by atoms with E-state index in [0.29, 0.717) is 12.8 Å². The predicted molar refractivity (Wildman–Crippen MR) is 68.1 cm³/mol. The Balaban J connectivity index is 3.37. The first-order valence-electron chi connectivity index (χ1n) is 5.93. The van der Waals surface area contributed by atoms with E-state index in [0.717, 1.165) is 38.5 Å². The maximum absolute atomic E-state index is 11.4. The van der Waals surface area contributed by atoms with Crippen LogP contribution in [0, 0.1) is 0 Å². The number of hydrogen-bond acceptors (Lipinski definition) is 2. The molecule has 0 fully saturated rings. The molecule has 0 aliphatic rings. The van der Waals surface area contributed by atoms with Gasteiger partial charge >= 0.3 is 0 Å². The number of rotatable bonds is 10. The van der Waals surface area contributed by atoms with Gasteiger partial charge in [0.05, 0.1) is 5.38 Å². The average molecular weight is 267 g/mol. The molecule has 1 unspecified atom stereocenters. The molecule has 0 heterocycles. The highest BCUT2D eigenvalue weighted by Gasteiger charge is 2.13. The Labute approximate surface area is 108 Å². The Morgan fingerprint density at radius 1 is 1.06 bits per heavy atom. The number of carbonyl (C=O) groups is 2. The lowest BCUT2D eigenvalue weighted by atomic mass is 10.1. The maximum atomic E-state index is 11.4. The Bertz CT molecular complexity index is 217. The summed E-state index contributed by atoms with van der Waals surface area (Å²) < 4.78 is 0. The average Bonchev–Trinajstić information content (AvgIpc) is 2.22. The van der Waals surface area contributed by atoms with Crippen molar-refractivity contribution < 1.29 is 9.59 Å². The van der Waals surface area contributed by atoms with Gasteiger partial charge in [0.15, 0.2) is 5.78 Å². The van der Waals surface area contributed by atoms with Crippen molar-refractivity contribution in [3.8, 4) is 0 Å². The van der Waals surface area contributed by atoms with E-state index in [9.17, 15) is 9.59 Å². The summed E-state index contributed by atoms with van der Waals surface area (Å²) in [6.45, 7) is 1.98. The van der Waals surface area contributed by atoms with Gasteiger partial charge in [-0.1, -0.05) is 26.2 Å². The summed E-state index contributed by atoms with van der Waals surface area (Å²) in [5.41, 5.74) is 0. The molecule has 0 aromatic rings. The summed E-state index contributed by atoms with van der Waals surface area (Å²) in [6, 6.07) is 0. The molecule has 4 heteroatoms. The van der Waals surface area contributed by atoms with Crippen LogP contribution >= 0.6 is 23.2 Å². The van der Waals surface area contributed by atoms with Gasteiger partial charge in [-0.15, -0.1) is 11.6 Å². The summed E-state index contributed by atoms with van der Waals surface area (Å²) in [6.07, 6.45) is 6.39. The van der Waals surface area contributed by atoms with Crippen LogP contribution in [-0.4, -0.2) is 16.4 Å². The summed E-state index contributed by atoms with van der Waals surface area (Å²) in [5.74, 6) is 0.153. The minimum Gasteiger partial charge on any atom is -0.298 e. The monoisotopic (exact) mass is 266 g/mol. The largest absolute Gasteiger partial charge is 0.298 e. The van der Waals surface area contributed by atoms with Gasteiger partial charge in [0.1, 0.15) is 0 Å². The van der Waals surface area contributed by atoms with Crippen LogP contribution in [0.4, 0.5) is 0 Å². The third kappa shape index (κ3) is 9.17. The van der Waals surface area contributed by atoms with Crippen molar-refractivity contribution in [3.63, 3.8) is 0 Å². The Kier molecular flexibility index (Phi) is 10.0. The Morgan fingerprint density at radius 2 is 1.69 bits per heavy atom. The summed E-state index contributed by atoms with van der Waals surface area (Å²) in [5, 5.41) is -0.594. The van der Waals surface area contributed by atoms with E-state index in [1.165, 1.54) is 0 Å². The molecular weight excluding hydrogens is 247 g/mol. The van der Waals surface area contributed by atoms with Gasteiger partial charge in [-0.2, -0.15) is 0 Å². The van der Waals surface area contributed by atoms with E-state index in [1.54, 1.807) is 0 Å². The minimum absolute atomic E-state index is 0.153. The van der Waals surface area contributed by atoms with Crippen LogP contribution in [0.5, 0.6) is 0 Å². The molecule has 0 rings (SSSR count). The quantitative estimate of drug-likeness (QED) is 0.339. The van der Waals surface area contributed by atoms with E-state index < -0.39 is 0 Å². The van der Waals surface area contributed by atoms with E-state index in [4.69, 9.17) is 23.2 Å². The van der Waals surface area contributed by atoms with Crippen LogP contribution in [0.2, 0.25) is 0 Å². The highest BCUT2D eigenvalue weighted by Crippen LogP contribution is 2.14. The van der Waals surface area contributed by atoms with Gasteiger partial charge in [-0.3, -0.25) is 9.59 Å². The molecule has 0 amide bonds. The number of halogens is 2. The predicted octanol–water partition coefficient (Wildman–Crippen LogP) is 4.07. The number of hydrogen-bond donors (Lipinski definition) is 0. The van der Waals surface area contributed by atoms with Crippen molar-refractivity contribution in [1.29, 1.82) is 0 Å². The van der Waals surface area contributed by atoms with Crippen molar-refractivity contribution in [3.05, 3.63) is 0 Å². The zero-order valence-electron chi connectivity index (χ0n) is 9.81. The van der Waals surface area contributed by atoms with Crippen molar-refractivity contribution >= 4 is 34.2 Å². The molecular formula is C12H20Cl2O2. The highest BCUT2D eigenvalue weighted by atomic mass is 35.5. The Hall–Kier alpha value is -0.0800. The standard InChI is InChI=1S/C12H20Cl2O2/c1-2-7-11(15)10(13)8-5-3-4-6-9-12(14)16/h10H,2-9H2,1H3. The van der Waals surface area contributed by atoms with Crippen molar-refractivity contribution in [2.24, 2.45) is 0 Å². The molecule has 2 nitrogen and oxygen atoms in total. The van der Waals surface area contributed by atoms with Crippen molar-refractivity contribution in [2.45, 2.75) is 63.7 Å². The van der Waals surface area contributed by atoms with Crippen LogP contribution in [0.1, 0.15) is 58.3 Å². The molecule has 0 aliphatic heterocycles. The Morgan fingerprint density at radius 3 is 2.25 bits per heavy atom. The van der Waals surface area contributed by atoms with E-state index in [2.05, 4.69) is 0 Å². The molecule has 0 saturated carbocycles. The van der Waals surface area contributed by atoms with E-state index in [1.807, 2.05) is 6.92 Å². The first-order chi connectivity index (χ1) is 7.57. The summed E-state index contributed by atoms with van der Waals surface area (Å²) in [4.78, 5) is 21.8. The first-order valence-corrected chi connectivity index (χ1v) is 6.74. The zero-order chi connectivity index (χ0) is 12.4. The van der Waals surface area contributed by atoms with Crippen molar-refractivity contribution in [1.82, 2.24) is 0 Å². The second-order valence-corrected chi connectivity index (χ2v) is 4.94. The van der Waals surface area contributed by atoms with Crippen LogP contribution in [-0.2, 0) is 9.59 Å². The molecule has 0 saturated heterocycles. The fourth-order valence-electron chi connectivity index (χ4n) is 1.51. The number of alkyl halides is 1. The smallest absolute Gasteiger partial charge is 0.221 e. The molecule has 1 atom stereocenters. The first kappa shape index (κ1) is 15.9. The topological polar surface area (TPSA) is 34.1 Å². The zero-order valence-corrected chi connectivity index (χ0v) is 11.3. The molecule has 0 bridgehead atoms. The highest BCUT2D eigenvalue weighted by molar-refractivity contribution is 6.63. The van der Waals surface area contributed by atoms with Gasteiger partial charge in [0.25, 0.3) is 0 Å². The molecule has 0 aromatic carbocycles. The van der Waals surface area contributed by atoms with Crippen LogP contribution in [0.15, 0.2) is 0 Å². The minimum atomic E-state index is -0.324. The lowest BCUT2D eigenvalue weighted by molar-refractivity contribution is -0.118. The normalized spacial score (nSPS) is 12.4. The number of ketones is 1. The molecule has 16 heavy (non-hydrogen) atoms. The second-order valence-electron chi connectivity index (χ2n) is 3.99. The molecule has 94 valence electrons. The number of carbonyl (C=O) groups excluding carboxylic acids is 2. The fraction of sp³-hybridized carbons (Fsp3) is 0.833. The third-order valence-electron chi connectivity index (χ3n) is 2.43. The van der Waals surface area contributed by atoms with Gasteiger partial charge < -0.3 is 0 Å². The number of unbranched alkanes of at least 4 members (excludes halogenated alkanes) is 3. The van der Waals surface area contributed by atoms with Crippen molar-refractivity contribution in [2.75, 3.05) is 0 Å². The molecule has 0 aliphatic carbocycles. The van der Waals surface area contributed by atoms with Crippen LogP contribution < -0.4 is 0 Å². The maximum Gasteiger partial charge on any atom is 0.221 e. The fourth-order valence-corrected chi connectivity index (χ4v) is 1.90.